The van der Waals surface area contributed by atoms with Gasteiger partial charge in [-0.25, -0.2) is 0 Å². The molecule has 5 nitrogen and oxygen atoms in total. The molecule has 0 spiro atoms. The predicted molar refractivity (Wildman–Crippen MR) is 106 cm³/mol. The SMILES string of the molecule is CCNC(=NCC(O)c1ccncc1)NCCCCSC.I. The van der Waals surface area contributed by atoms with Gasteiger partial charge in [-0.1, -0.05) is 0 Å². The summed E-state index contributed by atoms with van der Waals surface area (Å²) in [5.74, 6) is 1.95. The van der Waals surface area contributed by atoms with Crippen molar-refractivity contribution in [2.75, 3.05) is 31.6 Å². The van der Waals surface area contributed by atoms with E-state index in [2.05, 4.69) is 26.9 Å². The summed E-state index contributed by atoms with van der Waals surface area (Å²) in [7, 11) is 0. The van der Waals surface area contributed by atoms with Crippen LogP contribution in [0.2, 0.25) is 0 Å². The predicted octanol–water partition coefficient (Wildman–Crippen LogP) is 2.43. The van der Waals surface area contributed by atoms with E-state index in [4.69, 9.17) is 0 Å². The number of aliphatic hydroxyl groups is 1. The zero-order valence-corrected chi connectivity index (χ0v) is 16.4. The van der Waals surface area contributed by atoms with Gasteiger partial charge in [-0.05, 0) is 49.5 Å². The molecule has 1 rings (SSSR count). The van der Waals surface area contributed by atoms with Gasteiger partial charge in [-0.2, -0.15) is 11.8 Å². The van der Waals surface area contributed by atoms with Crippen molar-refractivity contribution in [1.29, 1.82) is 0 Å². The highest BCUT2D eigenvalue weighted by Crippen LogP contribution is 2.10. The van der Waals surface area contributed by atoms with E-state index >= 15 is 0 Å². The fourth-order valence-electron chi connectivity index (χ4n) is 1.79. The third-order valence-electron chi connectivity index (χ3n) is 2.93. The molecule has 0 fully saturated rings. The average molecular weight is 438 g/mol. The van der Waals surface area contributed by atoms with Gasteiger partial charge in [-0.3, -0.25) is 9.98 Å². The number of unbranched alkanes of at least 4 members (excludes halogenated alkanes) is 1. The van der Waals surface area contributed by atoms with Gasteiger partial charge in [0.2, 0.25) is 0 Å². The molecule has 0 aliphatic carbocycles. The number of nitrogens with one attached hydrogen (secondary N) is 2. The first-order valence-electron chi connectivity index (χ1n) is 7.37. The third kappa shape index (κ3) is 9.47. The van der Waals surface area contributed by atoms with Crippen molar-refractivity contribution < 1.29 is 5.11 Å². The molecule has 0 aliphatic rings. The van der Waals surface area contributed by atoms with E-state index in [0.717, 1.165) is 31.0 Å². The molecule has 0 aromatic carbocycles. The van der Waals surface area contributed by atoms with Crippen molar-refractivity contribution in [3.63, 3.8) is 0 Å². The zero-order chi connectivity index (χ0) is 15.3. The van der Waals surface area contributed by atoms with Crippen LogP contribution in [0.3, 0.4) is 0 Å². The molecule has 1 unspecified atom stereocenters. The Morgan fingerprint density at radius 1 is 1.32 bits per heavy atom. The highest BCUT2D eigenvalue weighted by Gasteiger charge is 2.06. The number of aliphatic imine (C=N–C) groups is 1. The normalized spacial score (nSPS) is 12.4. The smallest absolute Gasteiger partial charge is 0.191 e. The van der Waals surface area contributed by atoms with Crippen LogP contribution in [0.5, 0.6) is 0 Å². The number of hydrogen-bond donors (Lipinski definition) is 3. The average Bonchev–Trinajstić information content (AvgIpc) is 2.52. The largest absolute Gasteiger partial charge is 0.386 e. The minimum absolute atomic E-state index is 0. The van der Waals surface area contributed by atoms with Gasteiger partial charge in [-0.15, -0.1) is 24.0 Å². The molecule has 0 radical (unpaired) electrons. The van der Waals surface area contributed by atoms with Gasteiger partial charge in [0, 0.05) is 25.5 Å². The quantitative estimate of drug-likeness (QED) is 0.239. The molecular weight excluding hydrogens is 411 g/mol. The number of rotatable bonds is 9. The number of halogens is 1. The van der Waals surface area contributed by atoms with Crippen LogP contribution >= 0.6 is 35.7 Å². The topological polar surface area (TPSA) is 69.5 Å². The maximum atomic E-state index is 10.1. The summed E-state index contributed by atoms with van der Waals surface area (Å²) < 4.78 is 0. The Hall–Kier alpha value is -0.540. The minimum atomic E-state index is -0.597. The second kappa shape index (κ2) is 14.1. The monoisotopic (exact) mass is 438 g/mol. The van der Waals surface area contributed by atoms with Crippen LogP contribution in [-0.2, 0) is 0 Å². The maximum absolute atomic E-state index is 10.1. The zero-order valence-electron chi connectivity index (χ0n) is 13.3. The molecule has 1 atom stereocenters. The van der Waals surface area contributed by atoms with Crippen molar-refractivity contribution in [2.24, 2.45) is 4.99 Å². The van der Waals surface area contributed by atoms with Gasteiger partial charge >= 0.3 is 0 Å². The molecule has 22 heavy (non-hydrogen) atoms. The molecule has 1 aromatic rings. The number of hydrogen-bond acceptors (Lipinski definition) is 4. The lowest BCUT2D eigenvalue weighted by Crippen LogP contribution is -2.38. The number of guanidine groups is 1. The van der Waals surface area contributed by atoms with Crippen LogP contribution < -0.4 is 10.6 Å². The lowest BCUT2D eigenvalue weighted by molar-refractivity contribution is 0.187. The highest BCUT2D eigenvalue weighted by atomic mass is 127. The Morgan fingerprint density at radius 2 is 2.05 bits per heavy atom. The van der Waals surface area contributed by atoms with Gasteiger partial charge in [0.15, 0.2) is 5.96 Å². The first-order chi connectivity index (χ1) is 10.3. The van der Waals surface area contributed by atoms with Gasteiger partial charge in [0.05, 0.1) is 12.6 Å². The van der Waals surface area contributed by atoms with Crippen LogP contribution in [0.15, 0.2) is 29.5 Å². The van der Waals surface area contributed by atoms with Gasteiger partial charge in [0.1, 0.15) is 0 Å². The standard InChI is InChI=1S/C15H26N4OS.HI/c1-3-17-15(18-8-4-5-11-21-2)19-12-14(20)13-6-9-16-10-7-13;/h6-7,9-10,14,20H,3-5,8,11-12H2,1-2H3,(H2,17,18,19);1H. The summed E-state index contributed by atoms with van der Waals surface area (Å²) in [6.45, 7) is 4.08. The Bertz CT molecular complexity index is 406. The van der Waals surface area contributed by atoms with E-state index in [-0.39, 0.29) is 24.0 Å². The molecule has 3 N–H and O–H groups in total. The van der Waals surface area contributed by atoms with Crippen LogP contribution in [0.1, 0.15) is 31.4 Å². The van der Waals surface area contributed by atoms with E-state index in [1.165, 1.54) is 12.2 Å². The molecule has 7 heteroatoms. The van der Waals surface area contributed by atoms with Gasteiger partial charge < -0.3 is 15.7 Å². The molecule has 0 aliphatic heterocycles. The molecule has 0 saturated carbocycles. The number of nitrogens with zero attached hydrogens (tertiary/aromatic N) is 2. The number of aromatic nitrogens is 1. The van der Waals surface area contributed by atoms with Crippen molar-refractivity contribution in [1.82, 2.24) is 15.6 Å². The fraction of sp³-hybridized carbons (Fsp3) is 0.600. The molecule has 0 saturated heterocycles. The van der Waals surface area contributed by atoms with E-state index < -0.39 is 6.10 Å². The van der Waals surface area contributed by atoms with Crippen molar-refractivity contribution in [2.45, 2.75) is 25.9 Å². The second-order valence-corrected chi connectivity index (χ2v) is 5.63. The van der Waals surface area contributed by atoms with Crippen LogP contribution in [0.4, 0.5) is 0 Å². The molecule has 1 aromatic heterocycles. The molecule has 0 bridgehead atoms. The Kier molecular flexibility index (Phi) is 13.7. The van der Waals surface area contributed by atoms with Crippen LogP contribution in [0.25, 0.3) is 0 Å². The van der Waals surface area contributed by atoms with E-state index in [1.807, 2.05) is 30.8 Å². The lowest BCUT2D eigenvalue weighted by atomic mass is 10.1. The molecule has 0 amide bonds. The third-order valence-corrected chi connectivity index (χ3v) is 3.62. The number of pyridine rings is 1. The Labute approximate surface area is 154 Å². The Balaban J connectivity index is 0.00000441. The maximum Gasteiger partial charge on any atom is 0.191 e. The summed E-state index contributed by atoms with van der Waals surface area (Å²) in [5.41, 5.74) is 0.838. The first-order valence-corrected chi connectivity index (χ1v) is 8.76. The molecular formula is C15H27IN4OS. The van der Waals surface area contributed by atoms with Crippen LogP contribution in [0, 0.1) is 0 Å². The van der Waals surface area contributed by atoms with Crippen LogP contribution in [-0.4, -0.2) is 47.7 Å². The summed E-state index contributed by atoms with van der Waals surface area (Å²) in [6.07, 6.45) is 7.21. The molecule has 1 heterocycles. The minimum Gasteiger partial charge on any atom is -0.386 e. The number of aliphatic hydroxyl groups excluding tert-OH is 1. The summed E-state index contributed by atoms with van der Waals surface area (Å²) in [6, 6.07) is 3.62. The Morgan fingerprint density at radius 3 is 2.68 bits per heavy atom. The van der Waals surface area contributed by atoms with Crippen molar-refractivity contribution >= 4 is 41.7 Å². The van der Waals surface area contributed by atoms with E-state index in [0.29, 0.717) is 6.54 Å². The van der Waals surface area contributed by atoms with Gasteiger partial charge in [0.25, 0.3) is 0 Å². The van der Waals surface area contributed by atoms with E-state index in [1.54, 1.807) is 12.4 Å². The molecule has 126 valence electrons. The summed E-state index contributed by atoms with van der Waals surface area (Å²) in [4.78, 5) is 8.37. The second-order valence-electron chi connectivity index (χ2n) is 4.64. The number of thioether (sulfide) groups is 1. The lowest BCUT2D eigenvalue weighted by Gasteiger charge is -2.13. The van der Waals surface area contributed by atoms with E-state index in [9.17, 15) is 5.11 Å². The fourth-order valence-corrected chi connectivity index (χ4v) is 2.28. The summed E-state index contributed by atoms with van der Waals surface area (Å²) >= 11 is 1.87. The summed E-state index contributed by atoms with van der Waals surface area (Å²) in [5, 5.41) is 16.6. The highest BCUT2D eigenvalue weighted by molar-refractivity contribution is 14.0. The van der Waals surface area contributed by atoms with Crippen molar-refractivity contribution in [3.8, 4) is 0 Å². The first kappa shape index (κ1) is 21.5. The van der Waals surface area contributed by atoms with Crippen molar-refractivity contribution in [3.05, 3.63) is 30.1 Å².